The first kappa shape index (κ1) is 24.6. The van der Waals surface area contributed by atoms with E-state index in [9.17, 15) is 9.18 Å². The molecule has 1 heterocycles. The first-order valence-electron chi connectivity index (χ1n) is 11.0. The quantitative estimate of drug-likeness (QED) is 0.449. The van der Waals surface area contributed by atoms with E-state index >= 15 is 0 Å². The molecule has 0 aromatic heterocycles. The maximum Gasteiger partial charge on any atom is 0.191 e. The second-order valence-corrected chi connectivity index (χ2v) is 8.50. The largest absolute Gasteiger partial charge is 0.497 e. The van der Waals surface area contributed by atoms with Crippen LogP contribution in [0.2, 0.25) is 0 Å². The summed E-state index contributed by atoms with van der Waals surface area (Å²) in [5, 5.41) is 16.3. The van der Waals surface area contributed by atoms with Crippen molar-refractivity contribution in [2.75, 3.05) is 32.8 Å². The number of allylic oxidation sites excluding steroid dienone is 2. The summed E-state index contributed by atoms with van der Waals surface area (Å²) < 4.78 is 30.3. The zero-order chi connectivity index (χ0) is 24.9. The van der Waals surface area contributed by atoms with Crippen molar-refractivity contribution in [3.8, 4) is 17.2 Å². The molecular formula is C26H26ClFN2O5. The molecule has 2 aliphatic rings. The number of ether oxygens (including phenoxy) is 3. The number of aliphatic hydroxyl groups is 1. The van der Waals surface area contributed by atoms with Crippen molar-refractivity contribution in [1.82, 2.24) is 5.32 Å². The number of benzene rings is 2. The standard InChI is InChI=1S/C26H26ClFN2O5/c1-33-18-11-17(12-19(13-18)35-8-7-31)30-25(21-6-4-16(28)10-24(21)34-2)26(32)22-14-29-23-9-15(27)3-5-20(22)23/h3-6,10-14,23,25,29-31H,7-9H2,1-2H3. The van der Waals surface area contributed by atoms with Crippen LogP contribution in [0.3, 0.4) is 0 Å². The van der Waals surface area contributed by atoms with Gasteiger partial charge in [-0.2, -0.15) is 0 Å². The molecule has 0 saturated heterocycles. The third kappa shape index (κ3) is 5.44. The Morgan fingerprint density at radius 3 is 2.74 bits per heavy atom. The van der Waals surface area contributed by atoms with Crippen molar-refractivity contribution in [3.63, 3.8) is 0 Å². The molecule has 0 fully saturated rings. The van der Waals surface area contributed by atoms with Gasteiger partial charge >= 0.3 is 0 Å². The van der Waals surface area contributed by atoms with Crippen molar-refractivity contribution in [2.45, 2.75) is 18.5 Å². The van der Waals surface area contributed by atoms with Crippen LogP contribution in [0.5, 0.6) is 17.2 Å². The lowest BCUT2D eigenvalue weighted by atomic mass is 9.88. The molecule has 0 spiro atoms. The second kappa shape index (κ2) is 10.8. The zero-order valence-corrected chi connectivity index (χ0v) is 20.1. The van der Waals surface area contributed by atoms with Crippen molar-refractivity contribution in [2.24, 2.45) is 0 Å². The first-order valence-corrected chi connectivity index (χ1v) is 11.4. The predicted molar refractivity (Wildman–Crippen MR) is 132 cm³/mol. The van der Waals surface area contributed by atoms with Gasteiger partial charge in [0.05, 0.1) is 26.9 Å². The molecular weight excluding hydrogens is 475 g/mol. The molecule has 0 bridgehead atoms. The van der Waals surface area contributed by atoms with Crippen LogP contribution in [0.4, 0.5) is 10.1 Å². The van der Waals surface area contributed by atoms with Crippen molar-refractivity contribution < 1.29 is 28.5 Å². The van der Waals surface area contributed by atoms with Crippen LogP contribution in [0.15, 0.2) is 70.9 Å². The van der Waals surface area contributed by atoms with Gasteiger partial charge in [-0.3, -0.25) is 4.79 Å². The van der Waals surface area contributed by atoms with Crippen LogP contribution >= 0.6 is 11.6 Å². The number of fused-ring (bicyclic) bond motifs is 1. The molecule has 2 aromatic carbocycles. The Bertz CT molecular complexity index is 1210. The van der Waals surface area contributed by atoms with Gasteiger partial charge in [0.2, 0.25) is 0 Å². The van der Waals surface area contributed by atoms with E-state index < -0.39 is 11.9 Å². The van der Waals surface area contributed by atoms with Gasteiger partial charge in [0, 0.05) is 58.7 Å². The molecule has 9 heteroatoms. The summed E-state index contributed by atoms with van der Waals surface area (Å²) in [5.41, 5.74) is 2.34. The van der Waals surface area contributed by atoms with Crippen molar-refractivity contribution >= 4 is 23.1 Å². The summed E-state index contributed by atoms with van der Waals surface area (Å²) in [7, 11) is 2.94. The Morgan fingerprint density at radius 2 is 2.00 bits per heavy atom. The Balaban J connectivity index is 1.74. The molecule has 2 aromatic rings. The number of carbonyl (C=O) groups excluding carboxylic acids is 1. The summed E-state index contributed by atoms with van der Waals surface area (Å²) in [4.78, 5) is 13.9. The maximum absolute atomic E-state index is 14.0. The molecule has 0 saturated carbocycles. The number of aliphatic hydroxyl groups excluding tert-OH is 1. The molecule has 0 radical (unpaired) electrons. The number of hydrogen-bond acceptors (Lipinski definition) is 7. The average molecular weight is 501 g/mol. The number of halogens is 2. The summed E-state index contributed by atoms with van der Waals surface area (Å²) in [6, 6.07) is 8.14. The van der Waals surface area contributed by atoms with E-state index in [1.54, 1.807) is 30.5 Å². The average Bonchev–Trinajstić information content (AvgIpc) is 3.28. The lowest BCUT2D eigenvalue weighted by Crippen LogP contribution is -2.26. The van der Waals surface area contributed by atoms with E-state index in [2.05, 4.69) is 10.6 Å². The Labute approximate surface area is 207 Å². The van der Waals surface area contributed by atoms with Gasteiger partial charge in [-0.1, -0.05) is 17.7 Å². The van der Waals surface area contributed by atoms with Crippen molar-refractivity contribution in [3.05, 3.63) is 82.3 Å². The number of hydrogen-bond donors (Lipinski definition) is 3. The van der Waals surface area contributed by atoms with Gasteiger partial charge in [-0.05, 0) is 23.8 Å². The molecule has 4 rings (SSSR count). The number of methoxy groups -OCH3 is 2. The number of ketones is 1. The lowest BCUT2D eigenvalue weighted by molar-refractivity contribution is -0.116. The third-order valence-electron chi connectivity index (χ3n) is 5.78. The molecule has 2 atom stereocenters. The molecule has 1 aliphatic heterocycles. The smallest absolute Gasteiger partial charge is 0.191 e. The summed E-state index contributed by atoms with van der Waals surface area (Å²) in [6.45, 7) is -0.0469. The van der Waals surface area contributed by atoms with Gasteiger partial charge in [-0.25, -0.2) is 4.39 Å². The minimum Gasteiger partial charge on any atom is -0.497 e. The van der Waals surface area contributed by atoms with E-state index in [4.69, 9.17) is 30.9 Å². The number of carbonyl (C=O) groups is 1. The fourth-order valence-corrected chi connectivity index (χ4v) is 4.34. The highest BCUT2D eigenvalue weighted by Gasteiger charge is 2.35. The normalized spacial score (nSPS) is 17.3. The topological polar surface area (TPSA) is 89.1 Å². The summed E-state index contributed by atoms with van der Waals surface area (Å²) in [6.07, 6.45) is 5.90. The molecule has 3 N–H and O–H groups in total. The fourth-order valence-electron chi connectivity index (χ4n) is 4.13. The molecule has 7 nitrogen and oxygen atoms in total. The summed E-state index contributed by atoms with van der Waals surface area (Å²) >= 11 is 6.17. The highest BCUT2D eigenvalue weighted by molar-refractivity contribution is 6.30. The zero-order valence-electron chi connectivity index (χ0n) is 19.3. The van der Waals surface area contributed by atoms with Gasteiger partial charge in [0.15, 0.2) is 5.78 Å². The number of Topliss-reactive ketones (excluding diaryl/α,β-unsaturated/α-hetero) is 1. The minimum absolute atomic E-state index is 0.0856. The lowest BCUT2D eigenvalue weighted by Gasteiger charge is -2.24. The van der Waals surface area contributed by atoms with Gasteiger partial charge in [0.1, 0.15) is 35.7 Å². The first-order chi connectivity index (χ1) is 16.9. The van der Waals surface area contributed by atoms with Crippen LogP contribution < -0.4 is 24.8 Å². The van der Waals surface area contributed by atoms with Crippen LogP contribution in [0.25, 0.3) is 0 Å². The SMILES string of the molecule is COc1cc(NC(C(=O)C2=CNC3CC(Cl)=CC=C23)c2ccc(F)cc2OC)cc(OCCO)c1. The second-order valence-electron chi connectivity index (χ2n) is 8.01. The van der Waals surface area contributed by atoms with Gasteiger partial charge in [-0.15, -0.1) is 0 Å². The van der Waals surface area contributed by atoms with Crippen LogP contribution in [-0.2, 0) is 4.79 Å². The van der Waals surface area contributed by atoms with Gasteiger partial charge in [0.25, 0.3) is 0 Å². The van der Waals surface area contributed by atoms with E-state index in [1.807, 2.05) is 6.08 Å². The van der Waals surface area contributed by atoms with E-state index in [0.29, 0.717) is 39.8 Å². The van der Waals surface area contributed by atoms with E-state index in [0.717, 1.165) is 5.57 Å². The van der Waals surface area contributed by atoms with Crippen molar-refractivity contribution in [1.29, 1.82) is 0 Å². The Kier molecular flexibility index (Phi) is 7.63. The number of rotatable bonds is 10. The van der Waals surface area contributed by atoms with Crippen LogP contribution in [0, 0.1) is 5.82 Å². The highest BCUT2D eigenvalue weighted by Crippen LogP contribution is 2.38. The maximum atomic E-state index is 14.0. The number of nitrogens with one attached hydrogen (secondary N) is 2. The fraction of sp³-hybridized carbons (Fsp3) is 0.269. The molecule has 0 amide bonds. The van der Waals surface area contributed by atoms with Crippen LogP contribution in [-0.4, -0.2) is 44.4 Å². The third-order valence-corrected chi connectivity index (χ3v) is 6.06. The van der Waals surface area contributed by atoms with Crippen LogP contribution in [0.1, 0.15) is 18.0 Å². The molecule has 1 aliphatic carbocycles. The molecule has 2 unspecified atom stereocenters. The van der Waals surface area contributed by atoms with E-state index in [1.165, 1.54) is 32.4 Å². The Morgan fingerprint density at radius 1 is 1.20 bits per heavy atom. The Hall–Kier alpha value is -3.49. The van der Waals surface area contributed by atoms with E-state index in [-0.39, 0.29) is 30.8 Å². The highest BCUT2D eigenvalue weighted by atomic mass is 35.5. The monoisotopic (exact) mass is 500 g/mol. The molecule has 35 heavy (non-hydrogen) atoms. The number of anilines is 1. The molecule has 184 valence electrons. The predicted octanol–water partition coefficient (Wildman–Crippen LogP) is 4.24. The van der Waals surface area contributed by atoms with Gasteiger partial charge < -0.3 is 30.0 Å². The summed E-state index contributed by atoms with van der Waals surface area (Å²) in [5.74, 6) is 0.475. The minimum atomic E-state index is -0.919.